The number of rotatable bonds is 3. The summed E-state index contributed by atoms with van der Waals surface area (Å²) in [5, 5.41) is 0. The van der Waals surface area contributed by atoms with Crippen molar-refractivity contribution in [1.29, 1.82) is 0 Å². The third-order valence-corrected chi connectivity index (χ3v) is 2.95. The molecular formula is C15H15NO3. The van der Waals surface area contributed by atoms with Gasteiger partial charge in [0.15, 0.2) is 6.79 Å². The number of nitrogen functional groups attached to an aromatic ring is 1. The second-order valence-corrected chi connectivity index (χ2v) is 4.38. The molecule has 0 saturated carbocycles. The number of ether oxygens (including phenoxy) is 3. The van der Waals surface area contributed by atoms with Gasteiger partial charge in [-0.1, -0.05) is 18.2 Å². The number of nitrogens with two attached hydrogens (primary N) is 1. The maximum atomic E-state index is 5.88. The van der Waals surface area contributed by atoms with E-state index in [2.05, 4.69) is 0 Å². The quantitative estimate of drug-likeness (QED) is 0.859. The van der Waals surface area contributed by atoms with Crippen LogP contribution in [0.2, 0.25) is 0 Å². The lowest BCUT2D eigenvalue weighted by Crippen LogP contribution is -2.14. The topological polar surface area (TPSA) is 53.7 Å². The summed E-state index contributed by atoms with van der Waals surface area (Å²) in [7, 11) is 0. The number of benzene rings is 2. The van der Waals surface area contributed by atoms with Crippen molar-refractivity contribution in [3.05, 3.63) is 53.6 Å². The van der Waals surface area contributed by atoms with E-state index in [1.807, 2.05) is 42.5 Å². The van der Waals surface area contributed by atoms with Crippen molar-refractivity contribution >= 4 is 5.69 Å². The molecule has 0 atom stereocenters. The molecule has 2 aromatic carbocycles. The smallest absolute Gasteiger partial charge is 0.189 e. The lowest BCUT2D eigenvalue weighted by molar-refractivity contribution is -0.0175. The van der Waals surface area contributed by atoms with Gasteiger partial charge in [-0.15, -0.1) is 0 Å². The highest BCUT2D eigenvalue weighted by Gasteiger charge is 2.16. The molecule has 0 unspecified atom stereocenters. The number of fused-ring (bicyclic) bond motifs is 1. The minimum atomic E-state index is 0.273. The monoisotopic (exact) mass is 257 g/mol. The van der Waals surface area contributed by atoms with Crippen molar-refractivity contribution in [2.24, 2.45) is 0 Å². The van der Waals surface area contributed by atoms with Crippen molar-refractivity contribution < 1.29 is 14.2 Å². The van der Waals surface area contributed by atoms with Crippen molar-refractivity contribution in [2.45, 2.75) is 13.2 Å². The molecule has 4 nitrogen and oxygen atoms in total. The van der Waals surface area contributed by atoms with Crippen molar-refractivity contribution in [3.8, 4) is 11.5 Å². The second kappa shape index (κ2) is 5.20. The fraction of sp³-hybridized carbons (Fsp3) is 0.200. The van der Waals surface area contributed by atoms with Gasteiger partial charge in [-0.2, -0.15) is 0 Å². The van der Waals surface area contributed by atoms with E-state index in [9.17, 15) is 0 Å². The Morgan fingerprint density at radius 2 is 2.00 bits per heavy atom. The number of hydrogen-bond acceptors (Lipinski definition) is 4. The van der Waals surface area contributed by atoms with Gasteiger partial charge in [-0.3, -0.25) is 0 Å². The molecule has 0 saturated heterocycles. The first-order valence-corrected chi connectivity index (χ1v) is 6.12. The molecule has 2 N–H and O–H groups in total. The zero-order valence-corrected chi connectivity index (χ0v) is 10.5. The Bertz CT molecular complexity index is 569. The highest BCUT2D eigenvalue weighted by molar-refractivity contribution is 5.53. The fourth-order valence-electron chi connectivity index (χ4n) is 2.11. The van der Waals surface area contributed by atoms with Gasteiger partial charge >= 0.3 is 0 Å². The molecule has 0 spiro atoms. The highest BCUT2D eigenvalue weighted by Crippen LogP contribution is 2.31. The van der Waals surface area contributed by atoms with Gasteiger partial charge in [0.2, 0.25) is 0 Å². The lowest BCUT2D eigenvalue weighted by atomic mass is 10.1. The van der Waals surface area contributed by atoms with Gasteiger partial charge < -0.3 is 19.9 Å². The first kappa shape index (κ1) is 11.9. The van der Waals surface area contributed by atoms with E-state index in [-0.39, 0.29) is 6.79 Å². The maximum Gasteiger partial charge on any atom is 0.189 e. The van der Waals surface area contributed by atoms with Gasteiger partial charge in [-0.25, -0.2) is 0 Å². The average Bonchev–Trinajstić information content (AvgIpc) is 2.45. The molecule has 98 valence electrons. The van der Waals surface area contributed by atoms with E-state index in [0.717, 1.165) is 22.6 Å². The molecule has 1 aliphatic heterocycles. The van der Waals surface area contributed by atoms with Gasteiger partial charge in [0.25, 0.3) is 0 Å². The van der Waals surface area contributed by atoms with Crippen LogP contribution in [0.5, 0.6) is 11.5 Å². The molecule has 0 radical (unpaired) electrons. The lowest BCUT2D eigenvalue weighted by Gasteiger charge is -2.21. The molecule has 0 amide bonds. The second-order valence-electron chi connectivity index (χ2n) is 4.38. The van der Waals surface area contributed by atoms with E-state index < -0.39 is 0 Å². The summed E-state index contributed by atoms with van der Waals surface area (Å²) in [6, 6.07) is 13.4. The number of anilines is 1. The van der Waals surface area contributed by atoms with E-state index in [0.29, 0.717) is 18.9 Å². The van der Waals surface area contributed by atoms with Gasteiger partial charge in [-0.05, 0) is 24.3 Å². The van der Waals surface area contributed by atoms with Crippen LogP contribution in [0.15, 0.2) is 42.5 Å². The summed E-state index contributed by atoms with van der Waals surface area (Å²) >= 11 is 0. The first-order chi connectivity index (χ1) is 9.33. The van der Waals surface area contributed by atoms with E-state index in [1.165, 1.54) is 0 Å². The Kier molecular flexibility index (Phi) is 3.25. The zero-order chi connectivity index (χ0) is 13.1. The van der Waals surface area contributed by atoms with Crippen LogP contribution in [-0.2, 0) is 18.0 Å². The molecule has 4 heteroatoms. The molecular weight excluding hydrogens is 242 g/mol. The molecule has 0 aliphatic carbocycles. The third-order valence-electron chi connectivity index (χ3n) is 2.95. The molecule has 3 rings (SSSR count). The summed E-state index contributed by atoms with van der Waals surface area (Å²) in [6.45, 7) is 1.23. The number of hydrogen-bond donors (Lipinski definition) is 1. The largest absolute Gasteiger partial charge is 0.489 e. The SMILES string of the molecule is Nc1cc2c(c(COc3ccccc3)c1)OCOC2. The van der Waals surface area contributed by atoms with Crippen LogP contribution < -0.4 is 15.2 Å². The summed E-state index contributed by atoms with van der Waals surface area (Å²) in [4.78, 5) is 0. The van der Waals surface area contributed by atoms with E-state index >= 15 is 0 Å². The van der Waals surface area contributed by atoms with Crippen LogP contribution in [0.4, 0.5) is 5.69 Å². The minimum absolute atomic E-state index is 0.273. The standard InChI is InChI=1S/C15H15NO3/c16-13-6-11-8-17-10-19-15(11)12(7-13)9-18-14-4-2-1-3-5-14/h1-7H,8-10,16H2. The molecule has 1 heterocycles. The predicted molar refractivity (Wildman–Crippen MR) is 71.9 cm³/mol. The Morgan fingerprint density at radius 3 is 2.84 bits per heavy atom. The molecule has 0 fully saturated rings. The summed E-state index contributed by atoms with van der Waals surface area (Å²) < 4.78 is 16.5. The van der Waals surface area contributed by atoms with Crippen LogP contribution in [0.3, 0.4) is 0 Å². The summed E-state index contributed by atoms with van der Waals surface area (Å²) in [5.74, 6) is 1.65. The minimum Gasteiger partial charge on any atom is -0.489 e. The summed E-state index contributed by atoms with van der Waals surface area (Å²) in [5.41, 5.74) is 8.50. The highest BCUT2D eigenvalue weighted by atomic mass is 16.7. The zero-order valence-electron chi connectivity index (χ0n) is 10.5. The van der Waals surface area contributed by atoms with Crippen molar-refractivity contribution in [2.75, 3.05) is 12.5 Å². The summed E-state index contributed by atoms with van der Waals surface area (Å²) in [6.07, 6.45) is 0. The van der Waals surface area contributed by atoms with Crippen LogP contribution in [0.1, 0.15) is 11.1 Å². The Hall–Kier alpha value is -2.20. The van der Waals surface area contributed by atoms with Crippen molar-refractivity contribution in [1.82, 2.24) is 0 Å². The third kappa shape index (κ3) is 2.63. The van der Waals surface area contributed by atoms with Gasteiger partial charge in [0.1, 0.15) is 18.1 Å². The van der Waals surface area contributed by atoms with Crippen molar-refractivity contribution in [3.63, 3.8) is 0 Å². The average molecular weight is 257 g/mol. The van der Waals surface area contributed by atoms with Crippen LogP contribution in [0.25, 0.3) is 0 Å². The van der Waals surface area contributed by atoms with E-state index in [4.69, 9.17) is 19.9 Å². The molecule has 0 bridgehead atoms. The van der Waals surface area contributed by atoms with E-state index in [1.54, 1.807) is 0 Å². The Labute approximate surface area is 111 Å². The Balaban J connectivity index is 1.82. The van der Waals surface area contributed by atoms with Gasteiger partial charge in [0, 0.05) is 16.8 Å². The van der Waals surface area contributed by atoms with Crippen LogP contribution in [0, 0.1) is 0 Å². The van der Waals surface area contributed by atoms with Gasteiger partial charge in [0.05, 0.1) is 6.61 Å². The number of para-hydroxylation sites is 1. The predicted octanol–water partition coefficient (Wildman–Crippen LogP) is 2.71. The van der Waals surface area contributed by atoms with Crippen LogP contribution in [-0.4, -0.2) is 6.79 Å². The maximum absolute atomic E-state index is 5.88. The Morgan fingerprint density at radius 1 is 1.16 bits per heavy atom. The fourth-order valence-corrected chi connectivity index (χ4v) is 2.11. The van der Waals surface area contributed by atoms with Crippen LogP contribution >= 0.6 is 0 Å². The molecule has 2 aromatic rings. The molecule has 1 aliphatic rings. The molecule has 19 heavy (non-hydrogen) atoms. The normalized spacial score (nSPS) is 13.5. The first-order valence-electron chi connectivity index (χ1n) is 6.12. The molecule has 0 aromatic heterocycles.